The molecule has 1 aliphatic rings. The molecule has 0 saturated carbocycles. The standard InChI is InChI=1S/C25H28N2O2/c1-18(2)24(28)27-13-11-25(29,12-14-27)16-19-7-9-20(10-8-19)22-15-21-5-3-4-6-23(21)26-17-22/h3-10,15,17-18,29H,11-14,16H2,1-2H3. The van der Waals surface area contributed by atoms with Crippen LogP contribution in [0.15, 0.2) is 60.8 Å². The van der Waals surface area contributed by atoms with Crippen LogP contribution in [0.2, 0.25) is 0 Å². The Bertz CT molecular complexity index is 1000. The quantitative estimate of drug-likeness (QED) is 0.718. The molecule has 0 bridgehead atoms. The number of benzene rings is 2. The van der Waals surface area contributed by atoms with Crippen molar-refractivity contribution < 1.29 is 9.90 Å². The van der Waals surface area contributed by atoms with E-state index < -0.39 is 5.60 Å². The lowest BCUT2D eigenvalue weighted by Crippen LogP contribution is -2.48. The maximum atomic E-state index is 12.2. The second kappa shape index (κ2) is 7.96. The molecule has 4 rings (SSSR count). The molecule has 1 aromatic heterocycles. The topological polar surface area (TPSA) is 53.4 Å². The predicted octanol–water partition coefficient (Wildman–Crippen LogP) is 4.45. The number of amides is 1. The molecule has 1 amide bonds. The first-order valence-corrected chi connectivity index (χ1v) is 10.4. The molecule has 150 valence electrons. The van der Waals surface area contributed by atoms with Crippen LogP contribution in [0.5, 0.6) is 0 Å². The van der Waals surface area contributed by atoms with Crippen LogP contribution in [0.25, 0.3) is 22.0 Å². The van der Waals surface area contributed by atoms with Crippen molar-refractivity contribution in [2.24, 2.45) is 5.92 Å². The van der Waals surface area contributed by atoms with Crippen LogP contribution in [0.4, 0.5) is 0 Å². The molecule has 0 unspecified atom stereocenters. The smallest absolute Gasteiger partial charge is 0.225 e. The number of aliphatic hydroxyl groups is 1. The van der Waals surface area contributed by atoms with Crippen molar-refractivity contribution in [3.05, 3.63) is 66.4 Å². The summed E-state index contributed by atoms with van der Waals surface area (Å²) in [5.41, 5.74) is 3.59. The Morgan fingerprint density at radius 3 is 2.45 bits per heavy atom. The summed E-state index contributed by atoms with van der Waals surface area (Å²) in [4.78, 5) is 18.6. The maximum absolute atomic E-state index is 12.2. The van der Waals surface area contributed by atoms with Crippen LogP contribution >= 0.6 is 0 Å². The first-order chi connectivity index (χ1) is 13.9. The van der Waals surface area contributed by atoms with E-state index in [1.54, 1.807) is 0 Å². The lowest BCUT2D eigenvalue weighted by molar-refractivity contribution is -0.138. The van der Waals surface area contributed by atoms with E-state index in [2.05, 4.69) is 41.4 Å². The van der Waals surface area contributed by atoms with Crippen LogP contribution in [-0.2, 0) is 11.2 Å². The SMILES string of the molecule is CC(C)C(=O)N1CCC(O)(Cc2ccc(-c3cnc4ccccc4c3)cc2)CC1. The van der Waals surface area contributed by atoms with Gasteiger partial charge in [0.25, 0.3) is 0 Å². The molecule has 3 aromatic rings. The normalized spacial score (nSPS) is 16.3. The number of carbonyl (C=O) groups is 1. The number of para-hydroxylation sites is 1. The van der Waals surface area contributed by atoms with E-state index in [1.807, 2.05) is 43.1 Å². The first kappa shape index (κ1) is 19.6. The van der Waals surface area contributed by atoms with Gasteiger partial charge >= 0.3 is 0 Å². The second-order valence-electron chi connectivity index (χ2n) is 8.49. The van der Waals surface area contributed by atoms with Crippen molar-refractivity contribution in [1.29, 1.82) is 0 Å². The molecule has 1 fully saturated rings. The van der Waals surface area contributed by atoms with Crippen LogP contribution in [0, 0.1) is 5.92 Å². The number of hydrogen-bond acceptors (Lipinski definition) is 3. The van der Waals surface area contributed by atoms with E-state index in [0.717, 1.165) is 27.6 Å². The Kier molecular flexibility index (Phi) is 5.37. The van der Waals surface area contributed by atoms with Crippen molar-refractivity contribution in [1.82, 2.24) is 9.88 Å². The Morgan fingerprint density at radius 2 is 1.76 bits per heavy atom. The van der Waals surface area contributed by atoms with Crippen molar-refractivity contribution in [2.45, 2.75) is 38.7 Å². The zero-order valence-electron chi connectivity index (χ0n) is 17.1. The first-order valence-electron chi connectivity index (χ1n) is 10.4. The van der Waals surface area contributed by atoms with Crippen molar-refractivity contribution in [3.8, 4) is 11.1 Å². The largest absolute Gasteiger partial charge is 0.389 e. The van der Waals surface area contributed by atoms with Crippen LogP contribution in [-0.4, -0.2) is 39.6 Å². The summed E-state index contributed by atoms with van der Waals surface area (Å²) in [6.45, 7) is 5.12. The molecule has 1 N–H and O–H groups in total. The molecule has 0 radical (unpaired) electrons. The fourth-order valence-corrected chi connectivity index (χ4v) is 4.11. The number of piperidine rings is 1. The van der Waals surface area contributed by atoms with Gasteiger partial charge in [-0.05, 0) is 36.1 Å². The number of nitrogens with zero attached hydrogens (tertiary/aromatic N) is 2. The van der Waals surface area contributed by atoms with Gasteiger partial charge in [0.1, 0.15) is 0 Å². The minimum absolute atomic E-state index is 0.0123. The minimum Gasteiger partial charge on any atom is -0.389 e. The maximum Gasteiger partial charge on any atom is 0.225 e. The molecule has 0 spiro atoms. The number of aromatic nitrogens is 1. The Hall–Kier alpha value is -2.72. The summed E-state index contributed by atoms with van der Waals surface area (Å²) in [6.07, 6.45) is 3.78. The van der Waals surface area contributed by atoms with Crippen molar-refractivity contribution >= 4 is 16.8 Å². The van der Waals surface area contributed by atoms with Gasteiger partial charge in [-0.25, -0.2) is 0 Å². The highest BCUT2D eigenvalue weighted by Gasteiger charge is 2.34. The van der Waals surface area contributed by atoms with Gasteiger partial charge in [0.05, 0.1) is 11.1 Å². The molecule has 1 aliphatic heterocycles. The number of fused-ring (bicyclic) bond motifs is 1. The molecule has 4 heteroatoms. The molecule has 0 aliphatic carbocycles. The summed E-state index contributed by atoms with van der Waals surface area (Å²) >= 11 is 0. The highest BCUT2D eigenvalue weighted by molar-refractivity contribution is 5.83. The molecule has 29 heavy (non-hydrogen) atoms. The third kappa shape index (κ3) is 4.33. The van der Waals surface area contributed by atoms with Gasteiger partial charge in [-0.3, -0.25) is 9.78 Å². The highest BCUT2D eigenvalue weighted by Crippen LogP contribution is 2.29. The average Bonchev–Trinajstić information content (AvgIpc) is 2.74. The number of pyridine rings is 1. The predicted molar refractivity (Wildman–Crippen MR) is 116 cm³/mol. The Balaban J connectivity index is 1.43. The summed E-state index contributed by atoms with van der Waals surface area (Å²) in [7, 11) is 0. The van der Waals surface area contributed by atoms with Crippen LogP contribution in [0.3, 0.4) is 0 Å². The summed E-state index contributed by atoms with van der Waals surface area (Å²) in [6, 6.07) is 18.7. The van der Waals surface area contributed by atoms with Gasteiger partial charge < -0.3 is 10.0 Å². The summed E-state index contributed by atoms with van der Waals surface area (Å²) in [5.74, 6) is 0.193. The van der Waals surface area contributed by atoms with E-state index >= 15 is 0 Å². The van der Waals surface area contributed by atoms with E-state index in [9.17, 15) is 9.90 Å². The zero-order valence-corrected chi connectivity index (χ0v) is 17.1. The molecular formula is C25H28N2O2. The molecule has 4 nitrogen and oxygen atoms in total. The van der Waals surface area contributed by atoms with Gasteiger partial charge in [0.2, 0.25) is 5.91 Å². The van der Waals surface area contributed by atoms with Gasteiger partial charge in [-0.1, -0.05) is 56.3 Å². The van der Waals surface area contributed by atoms with E-state index in [-0.39, 0.29) is 11.8 Å². The fourth-order valence-electron chi connectivity index (χ4n) is 4.11. The zero-order chi connectivity index (χ0) is 20.4. The van der Waals surface area contributed by atoms with E-state index in [0.29, 0.717) is 32.4 Å². The molecular weight excluding hydrogens is 360 g/mol. The van der Waals surface area contributed by atoms with E-state index in [4.69, 9.17) is 0 Å². The van der Waals surface area contributed by atoms with Gasteiger partial charge in [-0.2, -0.15) is 0 Å². The van der Waals surface area contributed by atoms with E-state index in [1.165, 1.54) is 0 Å². The lowest BCUT2D eigenvalue weighted by atomic mass is 9.84. The summed E-state index contributed by atoms with van der Waals surface area (Å²) in [5, 5.41) is 12.2. The Labute approximate surface area is 172 Å². The number of likely N-dealkylation sites (tertiary alicyclic amines) is 1. The molecule has 2 aromatic carbocycles. The minimum atomic E-state index is -0.736. The van der Waals surface area contributed by atoms with Gasteiger partial charge in [0, 0.05) is 42.6 Å². The summed E-state index contributed by atoms with van der Waals surface area (Å²) < 4.78 is 0. The Morgan fingerprint density at radius 1 is 1.07 bits per heavy atom. The molecule has 1 saturated heterocycles. The van der Waals surface area contributed by atoms with Crippen molar-refractivity contribution in [3.63, 3.8) is 0 Å². The van der Waals surface area contributed by atoms with Gasteiger partial charge in [0.15, 0.2) is 0 Å². The molecule has 2 heterocycles. The number of carbonyl (C=O) groups excluding carboxylic acids is 1. The monoisotopic (exact) mass is 388 g/mol. The van der Waals surface area contributed by atoms with Crippen LogP contribution < -0.4 is 0 Å². The van der Waals surface area contributed by atoms with Gasteiger partial charge in [-0.15, -0.1) is 0 Å². The third-order valence-electron chi connectivity index (χ3n) is 5.91. The number of hydrogen-bond donors (Lipinski definition) is 1. The molecule has 0 atom stereocenters. The van der Waals surface area contributed by atoms with Crippen LogP contribution in [0.1, 0.15) is 32.3 Å². The lowest BCUT2D eigenvalue weighted by Gasteiger charge is -2.39. The van der Waals surface area contributed by atoms with Crippen molar-refractivity contribution in [2.75, 3.05) is 13.1 Å². The average molecular weight is 389 g/mol. The fraction of sp³-hybridized carbons (Fsp3) is 0.360. The number of rotatable bonds is 4. The third-order valence-corrected chi connectivity index (χ3v) is 5.91. The second-order valence-corrected chi connectivity index (χ2v) is 8.49. The highest BCUT2D eigenvalue weighted by atomic mass is 16.3.